The van der Waals surface area contributed by atoms with Crippen LogP contribution >= 0.6 is 0 Å². The third-order valence-corrected chi connectivity index (χ3v) is 0.358. The molecular weight excluding hydrogens is 122 g/mol. The summed E-state index contributed by atoms with van der Waals surface area (Å²) in [5, 5.41) is 0. The first-order valence-corrected chi connectivity index (χ1v) is 2.99. The summed E-state index contributed by atoms with van der Waals surface area (Å²) in [6, 6.07) is 0. The smallest absolute Gasteiger partial charge is 0.202 e. The van der Waals surface area contributed by atoms with Gasteiger partial charge in [-0.25, -0.2) is 8.78 Å². The Kier molecular flexibility index (Phi) is 7.26. The summed E-state index contributed by atoms with van der Waals surface area (Å²) in [5.74, 6) is -2.69. The molecule has 0 nitrogen and oxygen atoms in total. The highest BCUT2D eigenvalue weighted by atomic mass is 19.3. The molecule has 0 rings (SSSR count). The van der Waals surface area contributed by atoms with Crippen LogP contribution < -0.4 is 0 Å². The fraction of sp³-hybridized carbons (Fsp3) is 0.714. The predicted octanol–water partition coefficient (Wildman–Crippen LogP) is 3.24. The Morgan fingerprint density at radius 1 is 1.44 bits per heavy atom. The summed E-state index contributed by atoms with van der Waals surface area (Å²) < 4.78 is 22.7. The highest BCUT2D eigenvalue weighted by molar-refractivity contribution is 4.81. The summed E-state index contributed by atoms with van der Waals surface area (Å²) in [7, 11) is 0. The monoisotopic (exact) mass is 136 g/mol. The zero-order valence-corrected chi connectivity index (χ0v) is 6.25. The van der Waals surface area contributed by atoms with Gasteiger partial charge >= 0.3 is 0 Å². The van der Waals surface area contributed by atoms with Crippen LogP contribution in [0.3, 0.4) is 0 Å². The average Bonchev–Trinajstić information content (AvgIpc) is 1.67. The van der Waals surface area contributed by atoms with Crippen molar-refractivity contribution in [1.29, 1.82) is 0 Å². The second-order valence-corrected chi connectivity index (χ2v) is 1.87. The molecule has 2 heteroatoms. The molecule has 0 aromatic carbocycles. The van der Waals surface area contributed by atoms with Crippen molar-refractivity contribution in [3.8, 4) is 0 Å². The summed E-state index contributed by atoms with van der Waals surface area (Å²) in [5.41, 5.74) is 0. The zero-order chi connectivity index (χ0) is 7.91. The van der Waals surface area contributed by atoms with Gasteiger partial charge in [-0.15, -0.1) is 0 Å². The van der Waals surface area contributed by atoms with Gasteiger partial charge in [-0.1, -0.05) is 26.8 Å². The molecule has 0 amide bonds. The van der Waals surface area contributed by atoms with Gasteiger partial charge in [0.15, 0.2) is 0 Å². The molecule has 9 heavy (non-hydrogen) atoms. The second-order valence-electron chi connectivity index (χ2n) is 1.87. The molecule has 0 aliphatic carbocycles. The van der Waals surface area contributed by atoms with E-state index in [4.69, 9.17) is 0 Å². The minimum atomic E-state index is -2.69. The molecule has 0 bridgehead atoms. The van der Waals surface area contributed by atoms with E-state index in [0.29, 0.717) is 6.08 Å². The fourth-order valence-electron chi connectivity index (χ4n) is 0. The first-order valence-electron chi connectivity index (χ1n) is 2.99. The van der Waals surface area contributed by atoms with Crippen LogP contribution in [0.1, 0.15) is 27.2 Å². The molecule has 0 spiro atoms. The number of halogens is 2. The minimum Gasteiger partial charge on any atom is -0.202 e. The summed E-state index contributed by atoms with van der Waals surface area (Å²) in [6.45, 7) is 7.92. The molecular formula is C7H14F2. The van der Waals surface area contributed by atoms with Crippen LogP contribution in [0.25, 0.3) is 0 Å². The van der Waals surface area contributed by atoms with Gasteiger partial charge in [0, 0.05) is 6.92 Å². The first-order chi connectivity index (χ1) is 3.97. The third-order valence-electron chi connectivity index (χ3n) is 0.358. The average molecular weight is 136 g/mol. The normalized spacial score (nSPS) is 9.44. The van der Waals surface area contributed by atoms with E-state index >= 15 is 0 Å². The molecule has 0 heterocycles. The molecule has 0 atom stereocenters. The summed E-state index contributed by atoms with van der Waals surface area (Å²) in [4.78, 5) is 0. The highest BCUT2D eigenvalue weighted by Crippen LogP contribution is 2.10. The molecule has 0 aromatic rings. The number of allylic oxidation sites excluding steroid dienone is 1. The van der Waals surface area contributed by atoms with E-state index in [1.165, 1.54) is 6.42 Å². The Bertz CT molecular complexity index is 61.8. The lowest BCUT2D eigenvalue weighted by Gasteiger charge is -1.97. The highest BCUT2D eigenvalue weighted by Gasteiger charge is 2.12. The van der Waals surface area contributed by atoms with E-state index in [0.717, 1.165) is 6.92 Å². The van der Waals surface area contributed by atoms with Crippen molar-refractivity contribution in [2.75, 3.05) is 0 Å². The Labute approximate surface area is 55.6 Å². The van der Waals surface area contributed by atoms with E-state index < -0.39 is 5.92 Å². The molecule has 56 valence electrons. The Balaban J connectivity index is 0. The fourth-order valence-corrected chi connectivity index (χ4v) is 0. The van der Waals surface area contributed by atoms with Crippen LogP contribution in [0.15, 0.2) is 12.7 Å². The molecule has 0 fully saturated rings. The molecule has 0 saturated heterocycles. The van der Waals surface area contributed by atoms with Crippen molar-refractivity contribution >= 4 is 0 Å². The quantitative estimate of drug-likeness (QED) is 0.485. The number of hydrogen-bond acceptors (Lipinski definition) is 0. The lowest BCUT2D eigenvalue weighted by atomic mass is 10.4. The second kappa shape index (κ2) is 5.73. The van der Waals surface area contributed by atoms with Gasteiger partial charge in [-0.3, -0.25) is 0 Å². The van der Waals surface area contributed by atoms with Gasteiger partial charge in [0.2, 0.25) is 0 Å². The lowest BCUT2D eigenvalue weighted by Crippen LogP contribution is -2.01. The van der Waals surface area contributed by atoms with E-state index in [9.17, 15) is 8.78 Å². The van der Waals surface area contributed by atoms with Crippen molar-refractivity contribution in [3.63, 3.8) is 0 Å². The van der Waals surface area contributed by atoms with E-state index in [1.54, 1.807) is 0 Å². The van der Waals surface area contributed by atoms with E-state index in [-0.39, 0.29) is 0 Å². The van der Waals surface area contributed by atoms with Gasteiger partial charge in [0.1, 0.15) is 0 Å². The van der Waals surface area contributed by atoms with Gasteiger partial charge in [-0.05, 0) is 6.08 Å². The van der Waals surface area contributed by atoms with Crippen molar-refractivity contribution in [3.05, 3.63) is 12.7 Å². The number of alkyl halides is 2. The number of rotatable bonds is 1. The van der Waals surface area contributed by atoms with Gasteiger partial charge in [-0.2, -0.15) is 0 Å². The Hall–Kier alpha value is -0.400. The first kappa shape index (κ1) is 11.4. The van der Waals surface area contributed by atoms with Gasteiger partial charge in [0.05, 0.1) is 0 Å². The molecule has 0 aliphatic rings. The molecule has 0 N–H and O–H groups in total. The van der Waals surface area contributed by atoms with Crippen molar-refractivity contribution < 1.29 is 8.78 Å². The number of hydrogen-bond donors (Lipinski definition) is 0. The van der Waals surface area contributed by atoms with Crippen LogP contribution in [0.4, 0.5) is 8.78 Å². The van der Waals surface area contributed by atoms with Crippen molar-refractivity contribution in [1.82, 2.24) is 0 Å². The SMILES string of the molecule is C=CC(C)(F)F.CCC. The topological polar surface area (TPSA) is 0 Å². The van der Waals surface area contributed by atoms with E-state index in [2.05, 4.69) is 20.4 Å². The molecule has 0 aromatic heterocycles. The molecule has 0 unspecified atom stereocenters. The minimum absolute atomic E-state index is 0.604. The molecule has 0 radical (unpaired) electrons. The largest absolute Gasteiger partial charge is 0.263 e. The van der Waals surface area contributed by atoms with Crippen molar-refractivity contribution in [2.24, 2.45) is 0 Å². The van der Waals surface area contributed by atoms with Crippen LogP contribution in [-0.2, 0) is 0 Å². The van der Waals surface area contributed by atoms with Crippen molar-refractivity contribution in [2.45, 2.75) is 33.1 Å². The van der Waals surface area contributed by atoms with Crippen LogP contribution in [-0.4, -0.2) is 5.92 Å². The van der Waals surface area contributed by atoms with Crippen LogP contribution in [0.5, 0.6) is 0 Å². The van der Waals surface area contributed by atoms with Gasteiger partial charge < -0.3 is 0 Å². The predicted molar refractivity (Wildman–Crippen MR) is 36.8 cm³/mol. The summed E-state index contributed by atoms with van der Waals surface area (Å²) >= 11 is 0. The maximum absolute atomic E-state index is 11.3. The van der Waals surface area contributed by atoms with Crippen LogP contribution in [0, 0.1) is 0 Å². The molecule has 0 aliphatic heterocycles. The maximum atomic E-state index is 11.3. The third kappa shape index (κ3) is 35.3. The zero-order valence-electron chi connectivity index (χ0n) is 6.25. The Morgan fingerprint density at radius 2 is 1.56 bits per heavy atom. The van der Waals surface area contributed by atoms with Crippen LogP contribution in [0.2, 0.25) is 0 Å². The summed E-state index contributed by atoms with van der Waals surface area (Å²) in [6.07, 6.45) is 1.85. The lowest BCUT2D eigenvalue weighted by molar-refractivity contribution is 0.0779. The van der Waals surface area contributed by atoms with Gasteiger partial charge in [0.25, 0.3) is 5.92 Å². The Morgan fingerprint density at radius 3 is 1.56 bits per heavy atom. The maximum Gasteiger partial charge on any atom is 0.263 e. The molecule has 0 saturated carbocycles. The standard InChI is InChI=1S/C4H6F2.C3H8/c1-3-4(2,5)6;1-3-2/h3H,1H2,2H3;3H2,1-2H3. The van der Waals surface area contributed by atoms with E-state index in [1.807, 2.05) is 0 Å².